The monoisotopic (exact) mass is 946 g/mol. The molecule has 0 saturated carbocycles. The fourth-order valence-corrected chi connectivity index (χ4v) is 14.3. The van der Waals surface area contributed by atoms with E-state index in [1.54, 1.807) is 0 Å². The summed E-state index contributed by atoms with van der Waals surface area (Å²) in [6.45, 7) is 9.85. The van der Waals surface area contributed by atoms with Crippen molar-refractivity contribution in [1.29, 1.82) is 0 Å². The van der Waals surface area contributed by atoms with Gasteiger partial charge in [0.15, 0.2) is 0 Å². The molecular weight excluding hydrogens is 896 g/mol. The fourth-order valence-electron chi connectivity index (χ4n) is 12.3. The molecule has 0 radical (unpaired) electrons. The molecule has 1 spiro atoms. The summed E-state index contributed by atoms with van der Waals surface area (Å²) < 4.78 is 9.67. The van der Waals surface area contributed by atoms with Crippen molar-refractivity contribution < 1.29 is 4.74 Å². The van der Waals surface area contributed by atoms with Gasteiger partial charge in [-0.15, -0.1) is 0 Å². The van der Waals surface area contributed by atoms with Crippen LogP contribution in [0.15, 0.2) is 225 Å². The maximum Gasteiger partial charge on any atom is 0.137 e. The lowest BCUT2D eigenvalue weighted by atomic mass is 9.67. The number of rotatable bonds is 7. The Labute approximate surface area is 422 Å². The summed E-state index contributed by atoms with van der Waals surface area (Å²) in [6, 6.07) is 80.0. The van der Waals surface area contributed by atoms with Crippen LogP contribution >= 0.6 is 7.92 Å². The van der Waals surface area contributed by atoms with E-state index in [0.29, 0.717) is 6.67 Å². The van der Waals surface area contributed by atoms with Gasteiger partial charge in [0, 0.05) is 45.9 Å². The minimum atomic E-state index is -0.577. The maximum absolute atomic E-state index is 7.29. The Balaban J connectivity index is 0.934. The van der Waals surface area contributed by atoms with Crippen LogP contribution in [0.4, 0.5) is 22.7 Å². The molecular formula is C66H51N4OP. The molecule has 4 heterocycles. The van der Waals surface area contributed by atoms with E-state index in [4.69, 9.17) is 9.72 Å². The molecule has 0 saturated heterocycles. The number of pyridine rings is 1. The van der Waals surface area contributed by atoms with Gasteiger partial charge in [-0.3, -0.25) is 4.57 Å². The third-order valence-electron chi connectivity index (χ3n) is 15.4. The van der Waals surface area contributed by atoms with Crippen LogP contribution in [-0.2, 0) is 10.8 Å². The Morgan fingerprint density at radius 2 is 1.08 bits per heavy atom. The smallest absolute Gasteiger partial charge is 0.137 e. The molecule has 14 rings (SSSR count). The molecule has 0 atom stereocenters. The second-order valence-corrected chi connectivity index (χ2v) is 22.5. The van der Waals surface area contributed by atoms with Gasteiger partial charge in [0.25, 0.3) is 0 Å². The normalized spacial score (nSPS) is 16.4. The molecule has 0 bridgehead atoms. The van der Waals surface area contributed by atoms with Gasteiger partial charge in [-0.05, 0) is 118 Å². The van der Waals surface area contributed by atoms with Crippen LogP contribution < -0.4 is 25.1 Å². The van der Waals surface area contributed by atoms with Crippen LogP contribution in [0.1, 0.15) is 48.6 Å². The predicted molar refractivity (Wildman–Crippen MR) is 301 cm³/mol. The number of anilines is 4. The molecule has 2 aliphatic heterocycles. The highest BCUT2D eigenvalue weighted by Gasteiger charge is 2.51. The van der Waals surface area contributed by atoms with E-state index >= 15 is 0 Å². The number of benzene rings is 9. The molecule has 0 fully saturated rings. The summed E-state index contributed by atoms with van der Waals surface area (Å²) in [6.07, 6.45) is 1.97. The fraction of sp³-hybridized carbons (Fsp3) is 0.106. The first-order chi connectivity index (χ1) is 35.3. The van der Waals surface area contributed by atoms with Crippen LogP contribution in [0.3, 0.4) is 0 Å². The number of hydrogen-bond donors (Lipinski definition) is 0. The SMILES string of the molecule is CP1c2ccccc2C2(c3ccccc31)c1cccc3c1c1c2cc(Oc2cccc(N4CN(c5c(-c6ccccc6)cccc5-c5ccccc5)c5ccccc54)c2)cc1n3-c1cc(C(C)(C)C)ccn1. The van der Waals surface area contributed by atoms with Crippen molar-refractivity contribution in [3.05, 3.63) is 252 Å². The van der Waals surface area contributed by atoms with Gasteiger partial charge in [0.1, 0.15) is 24.0 Å². The van der Waals surface area contributed by atoms with E-state index < -0.39 is 13.3 Å². The summed E-state index contributed by atoms with van der Waals surface area (Å²) in [5, 5.41) is 5.40. The third kappa shape index (κ3) is 6.27. The lowest BCUT2D eigenvalue weighted by Gasteiger charge is -2.43. The highest BCUT2D eigenvalue weighted by Crippen LogP contribution is 2.61. The molecule has 1 aliphatic carbocycles. The maximum atomic E-state index is 7.29. The molecule has 5 nitrogen and oxygen atoms in total. The largest absolute Gasteiger partial charge is 0.457 e. The molecule has 0 unspecified atom stereocenters. The molecule has 6 heteroatoms. The number of nitrogens with zero attached hydrogens (tertiary/aromatic N) is 4. The van der Waals surface area contributed by atoms with Gasteiger partial charge in [0.2, 0.25) is 0 Å². The minimum absolute atomic E-state index is 0.0520. The summed E-state index contributed by atoms with van der Waals surface area (Å²) in [5.41, 5.74) is 17.5. The number of fused-ring (bicyclic) bond motifs is 7. The lowest BCUT2D eigenvalue weighted by Crippen LogP contribution is -2.42. The van der Waals surface area contributed by atoms with Crippen molar-refractivity contribution >= 4 is 63.1 Å². The van der Waals surface area contributed by atoms with Crippen LogP contribution in [0.5, 0.6) is 11.5 Å². The van der Waals surface area contributed by atoms with E-state index in [1.807, 2.05) is 6.20 Å². The van der Waals surface area contributed by atoms with E-state index in [2.05, 4.69) is 260 Å². The molecule has 3 aliphatic rings. The van der Waals surface area contributed by atoms with Crippen molar-refractivity contribution in [3.8, 4) is 39.6 Å². The van der Waals surface area contributed by atoms with Gasteiger partial charge in [0.05, 0.1) is 33.5 Å². The highest BCUT2D eigenvalue weighted by molar-refractivity contribution is 7.72. The zero-order valence-electron chi connectivity index (χ0n) is 40.7. The Morgan fingerprint density at radius 1 is 0.500 bits per heavy atom. The standard InChI is InChI=1S/C66H51N4OP/c1-65(2,3)45-36-37-67-61(38-45)70-57-33-19-30-53-62(57)63-54(66(53)51-28-11-15-34-59(51)72(4)60-35-16-12-29-52(60)66)40-48(41-58(63)70)71-47-25-17-24-46(39-47)68-42-69(56-32-14-13-31-55(56)68)64-49(43-20-7-5-8-21-43)26-18-27-50(64)44-22-9-6-10-23-44/h5-41H,42H2,1-4H3. The topological polar surface area (TPSA) is 33.5 Å². The first-order valence-electron chi connectivity index (χ1n) is 24.9. The second kappa shape index (κ2) is 16.1. The first-order valence-corrected chi connectivity index (χ1v) is 26.7. The number of hydrogen-bond acceptors (Lipinski definition) is 4. The number of ether oxygens (including phenoxy) is 1. The zero-order chi connectivity index (χ0) is 48.3. The van der Waals surface area contributed by atoms with E-state index in [-0.39, 0.29) is 5.41 Å². The summed E-state index contributed by atoms with van der Waals surface area (Å²) >= 11 is 0. The third-order valence-corrected chi connectivity index (χ3v) is 17.7. The van der Waals surface area contributed by atoms with Crippen LogP contribution in [0.2, 0.25) is 0 Å². The van der Waals surface area contributed by atoms with Crippen molar-refractivity contribution in [3.63, 3.8) is 0 Å². The second-order valence-electron chi connectivity index (χ2n) is 20.4. The van der Waals surface area contributed by atoms with E-state index in [1.165, 1.54) is 77.1 Å². The van der Waals surface area contributed by atoms with Crippen LogP contribution in [0.25, 0.3) is 49.9 Å². The van der Waals surface area contributed by atoms with Gasteiger partial charge < -0.3 is 14.5 Å². The summed E-state index contributed by atoms with van der Waals surface area (Å²) in [4.78, 5) is 10.0. The Bertz CT molecular complexity index is 3860. The van der Waals surface area contributed by atoms with Crippen molar-refractivity contribution in [2.24, 2.45) is 0 Å². The molecule has 72 heavy (non-hydrogen) atoms. The molecule has 0 amide bonds. The van der Waals surface area contributed by atoms with Gasteiger partial charge in [-0.25, -0.2) is 4.98 Å². The minimum Gasteiger partial charge on any atom is -0.457 e. The average Bonchev–Trinajstić information content (AvgIpc) is 4.07. The Kier molecular flexibility index (Phi) is 9.56. The predicted octanol–water partition coefficient (Wildman–Crippen LogP) is 15.9. The van der Waals surface area contributed by atoms with E-state index in [9.17, 15) is 0 Å². The van der Waals surface area contributed by atoms with Gasteiger partial charge >= 0.3 is 0 Å². The van der Waals surface area contributed by atoms with Crippen molar-refractivity contribution in [1.82, 2.24) is 9.55 Å². The first kappa shape index (κ1) is 42.6. The Morgan fingerprint density at radius 3 is 1.76 bits per heavy atom. The van der Waals surface area contributed by atoms with Crippen molar-refractivity contribution in [2.45, 2.75) is 31.6 Å². The Hall–Kier alpha value is -8.24. The van der Waals surface area contributed by atoms with Crippen molar-refractivity contribution in [2.75, 3.05) is 23.1 Å². The number of aromatic nitrogens is 2. The highest BCUT2D eigenvalue weighted by atomic mass is 31.1. The lowest BCUT2D eigenvalue weighted by molar-refractivity contribution is 0.482. The molecule has 0 N–H and O–H groups in total. The number of para-hydroxylation sites is 3. The quantitative estimate of drug-likeness (QED) is 0.149. The zero-order valence-corrected chi connectivity index (χ0v) is 41.6. The van der Waals surface area contributed by atoms with Crippen LogP contribution in [0, 0.1) is 0 Å². The molecule has 11 aromatic rings. The van der Waals surface area contributed by atoms with Gasteiger partial charge in [-0.1, -0.05) is 178 Å². The van der Waals surface area contributed by atoms with E-state index in [0.717, 1.165) is 45.4 Å². The summed E-state index contributed by atoms with van der Waals surface area (Å²) in [5.74, 6) is 2.46. The average molecular weight is 947 g/mol. The molecule has 2 aromatic heterocycles. The summed E-state index contributed by atoms with van der Waals surface area (Å²) in [7, 11) is -0.577. The van der Waals surface area contributed by atoms with Gasteiger partial charge in [-0.2, -0.15) is 0 Å². The molecule has 346 valence electrons. The molecule has 9 aromatic carbocycles. The van der Waals surface area contributed by atoms with Crippen LogP contribution in [-0.4, -0.2) is 22.9 Å².